The second-order valence-electron chi connectivity index (χ2n) is 9.67. The molecule has 0 bridgehead atoms. The summed E-state index contributed by atoms with van der Waals surface area (Å²) >= 11 is 1.23. The summed E-state index contributed by atoms with van der Waals surface area (Å²) in [5, 5.41) is 14.4. The quantitative estimate of drug-likeness (QED) is 0.0731. The number of non-ortho nitro benzene ring substituents is 1. The second-order valence-corrected chi connectivity index (χ2v) is 10.6. The summed E-state index contributed by atoms with van der Waals surface area (Å²) in [6, 6.07) is 13.7. The molecular formula is C29H23N3O8S. The van der Waals surface area contributed by atoms with Crippen LogP contribution in [-0.4, -0.2) is 51.0 Å². The maximum atomic E-state index is 13.6. The van der Waals surface area contributed by atoms with Crippen molar-refractivity contribution in [1.82, 2.24) is 10.0 Å². The average Bonchev–Trinajstić information content (AvgIpc) is 3.59. The molecule has 0 N–H and O–H groups in total. The van der Waals surface area contributed by atoms with Crippen LogP contribution in [0.4, 0.5) is 5.69 Å². The number of allylic oxidation sites excluding steroid dienone is 2. The number of benzene rings is 2. The number of hydrazine groups is 1. The fourth-order valence-corrected chi connectivity index (χ4v) is 5.45. The Morgan fingerprint density at radius 3 is 2.29 bits per heavy atom. The van der Waals surface area contributed by atoms with Gasteiger partial charge in [0.05, 0.1) is 16.8 Å². The zero-order chi connectivity index (χ0) is 29.3. The number of nitro benzene ring substituents is 1. The largest absolute Gasteiger partial charge is 0.422 e. The molecule has 11 nitrogen and oxygen atoms in total. The number of ether oxygens (including phenoxy) is 1. The van der Waals surface area contributed by atoms with E-state index in [1.54, 1.807) is 17.5 Å². The molecule has 3 aromatic rings. The molecule has 2 aliphatic rings. The first-order valence-corrected chi connectivity index (χ1v) is 13.5. The number of nitro groups is 1. The van der Waals surface area contributed by atoms with Gasteiger partial charge in [0.1, 0.15) is 17.2 Å². The van der Waals surface area contributed by atoms with Gasteiger partial charge in [-0.05, 0) is 67.6 Å². The van der Waals surface area contributed by atoms with Crippen LogP contribution in [0.25, 0.3) is 0 Å². The van der Waals surface area contributed by atoms with Crippen LogP contribution in [0.15, 0.2) is 77.7 Å². The van der Waals surface area contributed by atoms with Gasteiger partial charge in [-0.2, -0.15) is 5.01 Å². The Bertz CT molecular complexity index is 1580. The number of amides is 3. The van der Waals surface area contributed by atoms with Crippen LogP contribution in [0.5, 0.6) is 5.75 Å². The number of nitrogens with zero attached hydrogens (tertiary/aromatic N) is 3. The first-order chi connectivity index (χ1) is 19.6. The Balaban J connectivity index is 1.40. The summed E-state index contributed by atoms with van der Waals surface area (Å²) in [6.45, 7) is 1.22. The number of esters is 1. The highest BCUT2D eigenvalue weighted by molar-refractivity contribution is 7.12. The number of hydrogen-bond acceptors (Lipinski definition) is 9. The van der Waals surface area contributed by atoms with Gasteiger partial charge in [0, 0.05) is 23.3 Å². The SMILES string of the molecule is CC1=CC[C@@H]2C(=O)N(N(CC(=O)c3ccc(OC(=O)c4cccs4)cc3)C(=O)c3ccc([N+](=O)[O-])cc3)C(=O)[C@H]2C1. The lowest BCUT2D eigenvalue weighted by Gasteiger charge is -2.30. The number of rotatable bonds is 8. The van der Waals surface area contributed by atoms with Crippen LogP contribution in [0.3, 0.4) is 0 Å². The molecule has 208 valence electrons. The molecule has 2 atom stereocenters. The Morgan fingerprint density at radius 2 is 1.66 bits per heavy atom. The highest BCUT2D eigenvalue weighted by Gasteiger charge is 2.51. The lowest BCUT2D eigenvalue weighted by atomic mass is 9.82. The van der Waals surface area contributed by atoms with Gasteiger partial charge in [-0.3, -0.25) is 29.3 Å². The van der Waals surface area contributed by atoms with E-state index in [0.717, 1.165) is 27.7 Å². The van der Waals surface area contributed by atoms with Gasteiger partial charge in [-0.1, -0.05) is 17.7 Å². The predicted molar refractivity (Wildman–Crippen MR) is 146 cm³/mol. The van der Waals surface area contributed by atoms with E-state index in [9.17, 15) is 34.1 Å². The van der Waals surface area contributed by atoms with Crippen molar-refractivity contribution in [1.29, 1.82) is 0 Å². The zero-order valence-electron chi connectivity index (χ0n) is 21.7. The molecule has 2 aromatic carbocycles. The number of carbonyl (C=O) groups is 5. The number of fused-ring (bicyclic) bond motifs is 1. The van der Waals surface area contributed by atoms with E-state index < -0.39 is 52.8 Å². The first kappa shape index (κ1) is 27.6. The van der Waals surface area contributed by atoms with Crippen LogP contribution in [0.1, 0.15) is 50.2 Å². The molecule has 1 aliphatic heterocycles. The summed E-state index contributed by atoms with van der Waals surface area (Å²) in [4.78, 5) is 76.8. The molecule has 41 heavy (non-hydrogen) atoms. The van der Waals surface area contributed by atoms with Crippen molar-refractivity contribution < 1.29 is 33.6 Å². The minimum absolute atomic E-state index is 0.0379. The highest BCUT2D eigenvalue weighted by Crippen LogP contribution is 2.38. The van der Waals surface area contributed by atoms with Crippen molar-refractivity contribution in [3.8, 4) is 5.75 Å². The smallest absolute Gasteiger partial charge is 0.353 e. The minimum atomic E-state index is -0.834. The summed E-state index contributed by atoms with van der Waals surface area (Å²) in [6.07, 6.45) is 2.60. The molecule has 3 amide bonds. The topological polar surface area (TPSA) is 144 Å². The number of hydrogen-bond donors (Lipinski definition) is 0. The Kier molecular flexibility index (Phi) is 7.58. The van der Waals surface area contributed by atoms with Crippen molar-refractivity contribution in [2.24, 2.45) is 11.8 Å². The highest BCUT2D eigenvalue weighted by atomic mass is 32.1. The molecule has 12 heteroatoms. The summed E-state index contributed by atoms with van der Waals surface area (Å²) in [5.41, 5.74) is 0.823. The zero-order valence-corrected chi connectivity index (χ0v) is 22.5. The summed E-state index contributed by atoms with van der Waals surface area (Å²) in [5.74, 6) is -4.21. The van der Waals surface area contributed by atoms with E-state index in [1.807, 2.05) is 13.0 Å². The van der Waals surface area contributed by atoms with Crippen molar-refractivity contribution in [3.63, 3.8) is 0 Å². The van der Waals surface area contributed by atoms with E-state index in [1.165, 1.54) is 47.7 Å². The second kappa shape index (κ2) is 11.3. The Labute approximate surface area is 237 Å². The van der Waals surface area contributed by atoms with Crippen molar-refractivity contribution in [2.75, 3.05) is 6.54 Å². The monoisotopic (exact) mass is 573 g/mol. The maximum absolute atomic E-state index is 13.6. The summed E-state index contributed by atoms with van der Waals surface area (Å²) < 4.78 is 5.31. The molecular weight excluding hydrogens is 550 g/mol. The number of carbonyl (C=O) groups excluding carboxylic acids is 5. The fourth-order valence-electron chi connectivity index (χ4n) is 4.85. The van der Waals surface area contributed by atoms with Crippen LogP contribution < -0.4 is 4.74 Å². The lowest BCUT2D eigenvalue weighted by molar-refractivity contribution is -0.384. The fraction of sp³-hybridized carbons (Fsp3) is 0.207. The standard InChI is InChI=1S/C29H23N3O8S/c1-17-4-13-22-23(15-17)28(36)31(27(22)35)30(26(34)19-5-9-20(10-6-19)32(38)39)16-24(33)18-7-11-21(12-8-18)40-29(37)25-3-2-14-41-25/h2-12,14,22-23H,13,15-16H2,1H3/t22-,23-/m0/s1. The van der Waals surface area contributed by atoms with Gasteiger partial charge < -0.3 is 4.74 Å². The van der Waals surface area contributed by atoms with E-state index in [2.05, 4.69) is 0 Å². The normalized spacial score (nSPS) is 18.0. The molecule has 5 rings (SSSR count). The molecule has 1 fully saturated rings. The third-order valence-corrected chi connectivity index (χ3v) is 7.85. The molecule has 0 saturated carbocycles. The van der Waals surface area contributed by atoms with Gasteiger partial charge in [0.2, 0.25) is 0 Å². The van der Waals surface area contributed by atoms with E-state index in [0.29, 0.717) is 17.7 Å². The van der Waals surface area contributed by atoms with Gasteiger partial charge in [0.15, 0.2) is 5.78 Å². The number of thiophene rings is 1. The van der Waals surface area contributed by atoms with Crippen LogP contribution in [-0.2, 0) is 9.59 Å². The Morgan fingerprint density at radius 1 is 1.00 bits per heavy atom. The van der Waals surface area contributed by atoms with Crippen molar-refractivity contribution >= 4 is 46.5 Å². The molecule has 1 aromatic heterocycles. The molecule has 0 spiro atoms. The Hall–Kier alpha value is -4.97. The van der Waals surface area contributed by atoms with Gasteiger partial charge in [-0.15, -0.1) is 11.3 Å². The van der Waals surface area contributed by atoms with Crippen molar-refractivity contribution in [2.45, 2.75) is 19.8 Å². The maximum Gasteiger partial charge on any atom is 0.353 e. The molecule has 1 aliphatic carbocycles. The number of Topliss-reactive ketones (excluding diaryl/α,β-unsaturated/α-hetero) is 1. The van der Waals surface area contributed by atoms with E-state index in [4.69, 9.17) is 4.74 Å². The molecule has 2 heterocycles. The summed E-state index contributed by atoms with van der Waals surface area (Å²) in [7, 11) is 0. The van der Waals surface area contributed by atoms with Crippen LogP contribution >= 0.6 is 11.3 Å². The number of ketones is 1. The first-order valence-electron chi connectivity index (χ1n) is 12.6. The predicted octanol–water partition coefficient (Wildman–Crippen LogP) is 4.46. The van der Waals surface area contributed by atoms with E-state index >= 15 is 0 Å². The van der Waals surface area contributed by atoms with Gasteiger partial charge >= 0.3 is 5.97 Å². The minimum Gasteiger partial charge on any atom is -0.422 e. The molecule has 0 radical (unpaired) electrons. The molecule has 1 saturated heterocycles. The lowest BCUT2D eigenvalue weighted by Crippen LogP contribution is -2.52. The number of imide groups is 1. The molecule has 0 unspecified atom stereocenters. The van der Waals surface area contributed by atoms with E-state index in [-0.39, 0.29) is 22.6 Å². The van der Waals surface area contributed by atoms with Crippen LogP contribution in [0, 0.1) is 22.0 Å². The third kappa shape index (κ3) is 5.54. The van der Waals surface area contributed by atoms with Crippen molar-refractivity contribution in [3.05, 3.63) is 104 Å². The van der Waals surface area contributed by atoms with Crippen LogP contribution in [0.2, 0.25) is 0 Å². The van der Waals surface area contributed by atoms with Gasteiger partial charge in [-0.25, -0.2) is 9.80 Å². The third-order valence-electron chi connectivity index (χ3n) is 7.00. The average molecular weight is 574 g/mol. The van der Waals surface area contributed by atoms with Gasteiger partial charge in [0.25, 0.3) is 23.4 Å².